The van der Waals surface area contributed by atoms with Gasteiger partial charge in [0.2, 0.25) is 0 Å². The first-order valence-electron chi connectivity index (χ1n) is 13.0. The second kappa shape index (κ2) is 15.9. The summed E-state index contributed by atoms with van der Waals surface area (Å²) in [5.74, 6) is 2.45. The van der Waals surface area contributed by atoms with Crippen molar-refractivity contribution >= 4 is 70.4 Å². The number of aromatic nitrogens is 2. The molecule has 40 heavy (non-hydrogen) atoms. The fraction of sp³-hybridized carbons (Fsp3) is 0.481. The molecule has 0 atom stereocenters. The number of rotatable bonds is 10. The summed E-state index contributed by atoms with van der Waals surface area (Å²) >= 11 is 12.7. The van der Waals surface area contributed by atoms with E-state index in [2.05, 4.69) is 25.5 Å². The van der Waals surface area contributed by atoms with Crippen molar-refractivity contribution in [3.63, 3.8) is 0 Å². The molecular weight excluding hydrogens is 600 g/mol. The molecule has 5 rings (SSSR count). The average Bonchev–Trinajstić information content (AvgIpc) is 2.94. The summed E-state index contributed by atoms with van der Waals surface area (Å²) < 4.78 is 23.6. The average molecular weight is 635 g/mol. The number of ether oxygens (including phenoxy) is 4. The van der Waals surface area contributed by atoms with Crippen molar-refractivity contribution in [3.8, 4) is 17.2 Å². The molecule has 0 saturated carbocycles. The quantitative estimate of drug-likeness (QED) is 0.270. The number of anilines is 2. The normalized spacial score (nSPS) is 16.1. The Labute approximate surface area is 257 Å². The molecule has 13 heteroatoms. The van der Waals surface area contributed by atoms with Crippen molar-refractivity contribution < 1.29 is 18.9 Å². The van der Waals surface area contributed by atoms with Crippen LogP contribution in [-0.2, 0) is 4.74 Å². The fourth-order valence-electron chi connectivity index (χ4n) is 4.70. The number of halogens is 4. The van der Waals surface area contributed by atoms with E-state index in [-0.39, 0.29) is 30.9 Å². The first-order chi connectivity index (χ1) is 18.6. The maximum atomic E-state index is 6.51. The van der Waals surface area contributed by atoms with Crippen LogP contribution in [0, 0.1) is 0 Å². The number of hydrogen-bond acceptors (Lipinski definition) is 9. The lowest BCUT2D eigenvalue weighted by atomic mass is 10.1. The molecule has 2 fully saturated rings. The van der Waals surface area contributed by atoms with Gasteiger partial charge in [-0.25, -0.2) is 9.97 Å². The standard InChI is InChI=1S/C27H33Cl2N5O4.2ClH/c1-35-24-16-22(20(28)15-21(24)29)33-27-26-23(31-17-32-27)13-19(14-25(26)38-18-3-11-36-12-4-18)37-10-2-7-34-8-5-30-6-9-34;;/h13-18,30H,2-12H2,1H3,(H,31,32,33);2*1H. The molecule has 220 valence electrons. The molecule has 2 N–H and O–H groups in total. The first kappa shape index (κ1) is 32.5. The van der Waals surface area contributed by atoms with Gasteiger partial charge in [-0.15, -0.1) is 24.8 Å². The Morgan fingerprint density at radius 3 is 2.55 bits per heavy atom. The summed E-state index contributed by atoms with van der Waals surface area (Å²) in [6.45, 7) is 7.22. The van der Waals surface area contributed by atoms with Gasteiger partial charge in [-0.05, 0) is 12.5 Å². The molecular formula is C27H35Cl4N5O4. The number of nitrogens with one attached hydrogen (secondary N) is 2. The Morgan fingerprint density at radius 2 is 1.80 bits per heavy atom. The second-order valence-corrected chi connectivity index (χ2v) is 10.2. The predicted octanol–water partition coefficient (Wildman–Crippen LogP) is 5.76. The molecule has 3 heterocycles. The van der Waals surface area contributed by atoms with Gasteiger partial charge >= 0.3 is 0 Å². The molecule has 0 bridgehead atoms. The zero-order chi connectivity index (χ0) is 26.3. The van der Waals surface area contributed by atoms with Crippen LogP contribution in [0.1, 0.15) is 19.3 Å². The second-order valence-electron chi connectivity index (χ2n) is 9.35. The summed E-state index contributed by atoms with van der Waals surface area (Å²) in [5.41, 5.74) is 1.32. The molecule has 1 aromatic heterocycles. The van der Waals surface area contributed by atoms with Crippen LogP contribution < -0.4 is 24.8 Å². The van der Waals surface area contributed by atoms with E-state index in [0.717, 1.165) is 63.1 Å². The van der Waals surface area contributed by atoms with Gasteiger partial charge in [0.05, 0.1) is 53.6 Å². The van der Waals surface area contributed by atoms with Crippen LogP contribution in [0.3, 0.4) is 0 Å². The molecule has 0 amide bonds. The Bertz CT molecular complexity index is 1240. The van der Waals surface area contributed by atoms with Gasteiger partial charge in [0.15, 0.2) is 0 Å². The number of benzene rings is 2. The summed E-state index contributed by atoms with van der Waals surface area (Å²) in [5, 5.41) is 8.33. The summed E-state index contributed by atoms with van der Waals surface area (Å²) in [7, 11) is 1.56. The van der Waals surface area contributed by atoms with Crippen LogP contribution in [0.25, 0.3) is 10.9 Å². The number of hydrogen-bond donors (Lipinski definition) is 2. The molecule has 3 aromatic rings. The molecule has 2 aliphatic rings. The van der Waals surface area contributed by atoms with Crippen molar-refractivity contribution in [2.75, 3.05) is 65.0 Å². The number of fused-ring (bicyclic) bond motifs is 1. The zero-order valence-electron chi connectivity index (χ0n) is 22.3. The highest BCUT2D eigenvalue weighted by atomic mass is 35.5. The molecule has 0 unspecified atom stereocenters. The Balaban J connectivity index is 0.00000220. The molecule has 2 aromatic carbocycles. The molecule has 0 aliphatic carbocycles. The monoisotopic (exact) mass is 633 g/mol. The Morgan fingerprint density at radius 1 is 1.02 bits per heavy atom. The third kappa shape index (κ3) is 8.28. The van der Waals surface area contributed by atoms with Crippen LogP contribution in [0.5, 0.6) is 17.2 Å². The minimum Gasteiger partial charge on any atom is -0.495 e. The van der Waals surface area contributed by atoms with Gasteiger partial charge in [-0.3, -0.25) is 0 Å². The van der Waals surface area contributed by atoms with E-state index in [4.69, 9.17) is 42.1 Å². The van der Waals surface area contributed by atoms with Gasteiger partial charge in [0.25, 0.3) is 0 Å². The van der Waals surface area contributed by atoms with E-state index in [0.29, 0.717) is 58.4 Å². The minimum atomic E-state index is 0. The SMILES string of the molecule is COc1cc(Nc2ncnc3cc(OCCCN4CCNCC4)cc(OC4CCOCC4)c23)c(Cl)cc1Cl.Cl.Cl. The van der Waals surface area contributed by atoms with Crippen molar-refractivity contribution in [2.45, 2.75) is 25.4 Å². The van der Waals surface area contributed by atoms with Crippen LogP contribution in [0.4, 0.5) is 11.5 Å². The number of methoxy groups -OCH3 is 1. The van der Waals surface area contributed by atoms with Gasteiger partial charge in [0.1, 0.15) is 35.5 Å². The lowest BCUT2D eigenvalue weighted by Crippen LogP contribution is -2.43. The van der Waals surface area contributed by atoms with Gasteiger partial charge in [0, 0.05) is 63.8 Å². The summed E-state index contributed by atoms with van der Waals surface area (Å²) in [6, 6.07) is 7.24. The van der Waals surface area contributed by atoms with Gasteiger partial charge < -0.3 is 34.5 Å². The smallest absolute Gasteiger partial charge is 0.145 e. The lowest BCUT2D eigenvalue weighted by Gasteiger charge is -2.27. The Hall–Kier alpha value is -1.98. The van der Waals surface area contributed by atoms with Crippen LogP contribution >= 0.6 is 48.0 Å². The highest BCUT2D eigenvalue weighted by Crippen LogP contribution is 2.40. The van der Waals surface area contributed by atoms with E-state index >= 15 is 0 Å². The van der Waals surface area contributed by atoms with Gasteiger partial charge in [-0.1, -0.05) is 23.2 Å². The van der Waals surface area contributed by atoms with Crippen LogP contribution in [-0.4, -0.2) is 80.6 Å². The van der Waals surface area contributed by atoms with Crippen LogP contribution in [0.2, 0.25) is 10.0 Å². The molecule has 2 aliphatic heterocycles. The molecule has 2 saturated heterocycles. The van der Waals surface area contributed by atoms with Crippen molar-refractivity contribution in [2.24, 2.45) is 0 Å². The molecule has 0 radical (unpaired) electrons. The third-order valence-corrected chi connectivity index (χ3v) is 7.34. The van der Waals surface area contributed by atoms with E-state index in [1.165, 1.54) is 6.33 Å². The minimum absolute atomic E-state index is 0. The lowest BCUT2D eigenvalue weighted by molar-refractivity contribution is 0.0261. The fourth-order valence-corrected chi connectivity index (χ4v) is 5.20. The van der Waals surface area contributed by atoms with E-state index in [1.54, 1.807) is 19.2 Å². The first-order valence-corrected chi connectivity index (χ1v) is 13.8. The molecule has 0 spiro atoms. The van der Waals surface area contributed by atoms with E-state index < -0.39 is 0 Å². The van der Waals surface area contributed by atoms with Crippen molar-refractivity contribution in [1.82, 2.24) is 20.2 Å². The maximum absolute atomic E-state index is 6.51. The third-order valence-electron chi connectivity index (χ3n) is 6.73. The highest BCUT2D eigenvalue weighted by molar-refractivity contribution is 6.37. The largest absolute Gasteiger partial charge is 0.495 e. The molecule has 9 nitrogen and oxygen atoms in total. The Kier molecular flexibility index (Phi) is 12.9. The van der Waals surface area contributed by atoms with Crippen molar-refractivity contribution in [3.05, 3.63) is 40.6 Å². The number of piperazine rings is 1. The highest BCUT2D eigenvalue weighted by Gasteiger charge is 2.21. The zero-order valence-corrected chi connectivity index (χ0v) is 25.4. The van der Waals surface area contributed by atoms with E-state index in [1.807, 2.05) is 12.1 Å². The van der Waals surface area contributed by atoms with Crippen molar-refractivity contribution in [1.29, 1.82) is 0 Å². The summed E-state index contributed by atoms with van der Waals surface area (Å²) in [4.78, 5) is 11.5. The summed E-state index contributed by atoms with van der Waals surface area (Å²) in [6.07, 6.45) is 4.11. The predicted molar refractivity (Wildman–Crippen MR) is 164 cm³/mol. The van der Waals surface area contributed by atoms with Gasteiger partial charge in [-0.2, -0.15) is 0 Å². The topological polar surface area (TPSA) is 90.0 Å². The van der Waals surface area contributed by atoms with Crippen LogP contribution in [0.15, 0.2) is 30.6 Å². The van der Waals surface area contributed by atoms with E-state index in [9.17, 15) is 0 Å². The maximum Gasteiger partial charge on any atom is 0.145 e. The number of nitrogens with zero attached hydrogens (tertiary/aromatic N) is 3.